The van der Waals surface area contributed by atoms with Gasteiger partial charge in [-0.3, -0.25) is 19.3 Å². The number of hydrogen-bond donors (Lipinski definition) is 6. The lowest BCUT2D eigenvalue weighted by atomic mass is 10.0. The van der Waals surface area contributed by atoms with Crippen molar-refractivity contribution >= 4 is 55.0 Å². The van der Waals surface area contributed by atoms with Gasteiger partial charge in [0.05, 0.1) is 29.3 Å². The molecular formula is C62H58BrN5O7. The highest BCUT2D eigenvalue weighted by Gasteiger charge is 2.22. The van der Waals surface area contributed by atoms with Gasteiger partial charge in [0.2, 0.25) is 17.0 Å². The molecular weight excluding hydrogens is 1010 g/mol. The third-order valence-corrected chi connectivity index (χ3v) is 13.7. The number of aliphatic hydroxyl groups is 2. The Balaban J connectivity index is 0.000000249. The molecule has 380 valence electrons. The number of halogens is 1. The van der Waals surface area contributed by atoms with E-state index in [4.69, 9.17) is 9.47 Å². The quantitative estimate of drug-likeness (QED) is 0.0432. The second-order valence-electron chi connectivity index (χ2n) is 18.5. The van der Waals surface area contributed by atoms with E-state index in [1.165, 1.54) is 23.3 Å². The predicted molar refractivity (Wildman–Crippen MR) is 301 cm³/mol. The molecule has 0 bridgehead atoms. The van der Waals surface area contributed by atoms with Crippen LogP contribution in [0.2, 0.25) is 0 Å². The number of aliphatic hydroxyl groups excluding tert-OH is 2. The summed E-state index contributed by atoms with van der Waals surface area (Å²) in [6, 6.07) is 60.2. The summed E-state index contributed by atoms with van der Waals surface area (Å²) in [7, 11) is 0. The number of fused-ring (bicyclic) bond motifs is 2. The van der Waals surface area contributed by atoms with E-state index in [2.05, 4.69) is 77.8 Å². The largest absolute Gasteiger partial charge is 0.487 e. The van der Waals surface area contributed by atoms with E-state index < -0.39 is 12.2 Å². The van der Waals surface area contributed by atoms with Crippen LogP contribution in [-0.2, 0) is 31.0 Å². The molecule has 9 aromatic rings. The normalized spacial score (nSPS) is 13.9. The summed E-state index contributed by atoms with van der Waals surface area (Å²) in [6.07, 6.45) is 1.000. The van der Waals surface area contributed by atoms with Crippen LogP contribution in [0.3, 0.4) is 0 Å². The Bertz CT molecular complexity index is 3500. The third-order valence-electron chi connectivity index (χ3n) is 13.1. The Labute approximate surface area is 443 Å². The lowest BCUT2D eigenvalue weighted by Crippen LogP contribution is -2.30. The van der Waals surface area contributed by atoms with Crippen molar-refractivity contribution in [1.82, 2.24) is 20.2 Å². The fourth-order valence-electron chi connectivity index (χ4n) is 9.19. The number of aromatic amines is 2. The molecule has 10 rings (SSSR count). The molecule has 75 heavy (non-hydrogen) atoms. The number of hydrogen-bond acceptors (Lipinski definition) is 9. The summed E-state index contributed by atoms with van der Waals surface area (Å²) >= 11 is 3.28. The van der Waals surface area contributed by atoms with E-state index in [1.807, 2.05) is 128 Å². The monoisotopic (exact) mass is 1060 g/mol. The number of carbonyl (C=O) groups excluding carboxylic acids is 1. The zero-order valence-electron chi connectivity index (χ0n) is 41.4. The van der Waals surface area contributed by atoms with Crippen molar-refractivity contribution in [3.63, 3.8) is 0 Å². The molecule has 3 heterocycles. The van der Waals surface area contributed by atoms with Gasteiger partial charge in [0, 0.05) is 65.3 Å². The number of anilines is 2. The standard InChI is InChI=1S/C44H42N4O4.C18H16BrNO3/c1-30-26-42(51)47-43(30)34-14-18-36(19-15-34)45-35-16-12-31(13-17-35)24-25-48(27-32-8-4-2-5-9-32)28-39(49)37-20-22-40(44-38(37)21-23-41(50)46-44)52-29-33-10-6-3-7-11-33;19-10-15(21)13-6-8-16(18-14(13)7-9-17(22)20-18)23-11-12-4-2-1-3-5-12/h2-23,26,39,43,45,49H,24-25,27-29H2,1H3,(H,46,50)(H,47,51);1-9,15,21H,10-11H2,(H,20,22). The van der Waals surface area contributed by atoms with Crippen molar-refractivity contribution < 1.29 is 24.5 Å². The summed E-state index contributed by atoms with van der Waals surface area (Å²) in [6.45, 7) is 4.56. The summed E-state index contributed by atoms with van der Waals surface area (Å²) in [5, 5.41) is 30.2. The number of alkyl halides is 1. The number of carbonyl (C=O) groups is 1. The number of rotatable bonds is 19. The number of H-pyrrole nitrogens is 2. The van der Waals surface area contributed by atoms with Crippen molar-refractivity contribution in [3.05, 3.63) is 259 Å². The summed E-state index contributed by atoms with van der Waals surface area (Å²) in [5.74, 6) is 1.11. The maximum Gasteiger partial charge on any atom is 0.248 e. The van der Waals surface area contributed by atoms with Gasteiger partial charge in [-0.1, -0.05) is 143 Å². The second-order valence-corrected chi connectivity index (χ2v) is 19.2. The zero-order valence-corrected chi connectivity index (χ0v) is 43.0. The van der Waals surface area contributed by atoms with Crippen LogP contribution < -0.4 is 31.2 Å². The third kappa shape index (κ3) is 13.6. The highest BCUT2D eigenvalue weighted by molar-refractivity contribution is 9.09. The maximum atomic E-state index is 12.4. The van der Waals surface area contributed by atoms with Crippen molar-refractivity contribution in [2.45, 2.75) is 51.4 Å². The lowest BCUT2D eigenvalue weighted by Gasteiger charge is -2.26. The number of nitrogens with one attached hydrogen (secondary N) is 4. The highest BCUT2D eigenvalue weighted by Crippen LogP contribution is 2.33. The predicted octanol–water partition coefficient (Wildman–Crippen LogP) is 11.3. The minimum absolute atomic E-state index is 0.0491. The molecule has 6 N–H and O–H groups in total. The molecule has 7 aromatic carbocycles. The molecule has 12 nitrogen and oxygen atoms in total. The number of aromatic nitrogens is 2. The number of nitrogens with zero attached hydrogens (tertiary/aromatic N) is 1. The van der Waals surface area contributed by atoms with Crippen LogP contribution in [0.5, 0.6) is 11.5 Å². The van der Waals surface area contributed by atoms with Crippen LogP contribution in [0.1, 0.15) is 64.1 Å². The molecule has 0 fully saturated rings. The minimum atomic E-state index is -0.803. The molecule has 1 aliphatic rings. The van der Waals surface area contributed by atoms with Crippen molar-refractivity contribution in [2.75, 3.05) is 23.7 Å². The van der Waals surface area contributed by atoms with Gasteiger partial charge in [-0.25, -0.2) is 0 Å². The van der Waals surface area contributed by atoms with Crippen molar-refractivity contribution in [2.24, 2.45) is 0 Å². The molecule has 0 radical (unpaired) electrons. The van der Waals surface area contributed by atoms with Gasteiger partial charge >= 0.3 is 0 Å². The van der Waals surface area contributed by atoms with Crippen LogP contribution in [0.25, 0.3) is 21.8 Å². The van der Waals surface area contributed by atoms with Gasteiger partial charge in [-0.05, 0) is 106 Å². The first-order valence-electron chi connectivity index (χ1n) is 24.8. The average Bonchev–Trinajstić information content (AvgIpc) is 3.78. The van der Waals surface area contributed by atoms with Crippen molar-refractivity contribution in [3.8, 4) is 11.5 Å². The summed E-state index contributed by atoms with van der Waals surface area (Å²) in [4.78, 5) is 43.8. The molecule has 0 aliphatic carbocycles. The maximum absolute atomic E-state index is 12.4. The van der Waals surface area contributed by atoms with Crippen LogP contribution in [-0.4, -0.2) is 49.4 Å². The fraction of sp³-hybridized carbons (Fsp3) is 0.177. The van der Waals surface area contributed by atoms with Gasteiger partial charge in [0.1, 0.15) is 24.7 Å². The van der Waals surface area contributed by atoms with Crippen LogP contribution >= 0.6 is 15.9 Å². The second kappa shape index (κ2) is 24.8. The molecule has 0 saturated heterocycles. The van der Waals surface area contributed by atoms with E-state index in [-0.39, 0.29) is 23.1 Å². The molecule has 3 unspecified atom stereocenters. The smallest absolute Gasteiger partial charge is 0.248 e. The highest BCUT2D eigenvalue weighted by atomic mass is 79.9. The minimum Gasteiger partial charge on any atom is -0.487 e. The van der Waals surface area contributed by atoms with Crippen LogP contribution in [0.15, 0.2) is 209 Å². The van der Waals surface area contributed by atoms with Gasteiger partial charge < -0.3 is 40.3 Å². The van der Waals surface area contributed by atoms with Gasteiger partial charge in [-0.2, -0.15) is 0 Å². The molecule has 0 spiro atoms. The number of ether oxygens (including phenoxy) is 2. The lowest BCUT2D eigenvalue weighted by molar-refractivity contribution is -0.116. The number of pyridine rings is 2. The molecule has 13 heteroatoms. The molecule has 0 saturated carbocycles. The Morgan fingerprint density at radius 1 is 0.573 bits per heavy atom. The molecule has 1 aliphatic heterocycles. The molecule has 3 atom stereocenters. The van der Waals surface area contributed by atoms with Crippen LogP contribution in [0.4, 0.5) is 11.4 Å². The van der Waals surface area contributed by atoms with Crippen LogP contribution in [0, 0.1) is 0 Å². The summed E-state index contributed by atoms with van der Waals surface area (Å²) < 4.78 is 12.0. The Kier molecular flexibility index (Phi) is 17.1. The topological polar surface area (TPSA) is 169 Å². The van der Waals surface area contributed by atoms with E-state index in [1.54, 1.807) is 24.3 Å². The zero-order chi connectivity index (χ0) is 52.1. The summed E-state index contributed by atoms with van der Waals surface area (Å²) in [5.41, 5.74) is 10.7. The Hall–Kier alpha value is -8.07. The van der Waals surface area contributed by atoms with E-state index >= 15 is 0 Å². The first kappa shape index (κ1) is 51.8. The first-order chi connectivity index (χ1) is 36.6. The molecule has 2 aromatic heterocycles. The molecule has 1 amide bonds. The van der Waals surface area contributed by atoms with E-state index in [0.717, 1.165) is 68.5 Å². The first-order valence-corrected chi connectivity index (χ1v) is 26.0. The SMILES string of the molecule is CC1=CC(=O)NC1c1ccc(Nc2ccc(CCN(Cc3ccccc3)CC(O)c3ccc(OCc4ccccc4)c4[nH]c(=O)ccc34)cc2)cc1.O=c1ccc2c(C(O)CBr)ccc(OCc3ccccc3)c2[nH]1. The van der Waals surface area contributed by atoms with E-state index in [9.17, 15) is 24.6 Å². The number of benzene rings is 7. The number of amides is 1. The Morgan fingerprint density at radius 3 is 1.56 bits per heavy atom. The fourth-order valence-corrected chi connectivity index (χ4v) is 9.54. The van der Waals surface area contributed by atoms with E-state index in [0.29, 0.717) is 54.2 Å². The van der Waals surface area contributed by atoms with Crippen molar-refractivity contribution in [1.29, 1.82) is 0 Å². The van der Waals surface area contributed by atoms with Gasteiger partial charge in [-0.15, -0.1) is 0 Å². The van der Waals surface area contributed by atoms with Gasteiger partial charge in [0.25, 0.3) is 0 Å². The average molecular weight is 1070 g/mol. The Morgan fingerprint density at radius 2 is 1.07 bits per heavy atom. The van der Waals surface area contributed by atoms with Gasteiger partial charge in [0.15, 0.2) is 0 Å².